The molecule has 18 heavy (non-hydrogen) atoms. The van der Waals surface area contributed by atoms with E-state index in [2.05, 4.69) is 25.9 Å². The van der Waals surface area contributed by atoms with Crippen LogP contribution in [0.4, 0.5) is 0 Å². The van der Waals surface area contributed by atoms with Crippen molar-refractivity contribution in [3.63, 3.8) is 0 Å². The SMILES string of the molecule is COc1nc(Oc2cccc(CO)c2)ncc1Br. The van der Waals surface area contributed by atoms with E-state index in [-0.39, 0.29) is 12.6 Å². The number of hydrogen-bond donors (Lipinski definition) is 1. The Labute approximate surface area is 113 Å². The molecule has 0 saturated carbocycles. The zero-order valence-corrected chi connectivity index (χ0v) is 11.2. The first-order chi connectivity index (χ1) is 8.72. The lowest BCUT2D eigenvalue weighted by Gasteiger charge is -2.07. The van der Waals surface area contributed by atoms with Gasteiger partial charge in [-0.1, -0.05) is 12.1 Å². The summed E-state index contributed by atoms with van der Waals surface area (Å²) in [5.74, 6) is 0.962. The number of aromatic nitrogens is 2. The second-order valence-electron chi connectivity index (χ2n) is 3.42. The third kappa shape index (κ3) is 2.96. The number of nitrogens with zero attached hydrogens (tertiary/aromatic N) is 2. The van der Waals surface area contributed by atoms with Crippen molar-refractivity contribution in [1.29, 1.82) is 0 Å². The van der Waals surface area contributed by atoms with Crippen LogP contribution in [0.1, 0.15) is 5.56 Å². The summed E-state index contributed by atoms with van der Waals surface area (Å²) in [4.78, 5) is 8.09. The number of hydrogen-bond acceptors (Lipinski definition) is 5. The number of halogens is 1. The predicted molar refractivity (Wildman–Crippen MR) is 68.7 cm³/mol. The van der Waals surface area contributed by atoms with E-state index in [1.165, 1.54) is 7.11 Å². The van der Waals surface area contributed by atoms with Crippen molar-refractivity contribution in [3.05, 3.63) is 40.5 Å². The van der Waals surface area contributed by atoms with E-state index in [4.69, 9.17) is 14.6 Å². The molecule has 0 aliphatic heterocycles. The van der Waals surface area contributed by atoms with Gasteiger partial charge in [0.25, 0.3) is 0 Å². The largest absolute Gasteiger partial charge is 0.480 e. The molecule has 0 radical (unpaired) electrons. The van der Waals surface area contributed by atoms with Gasteiger partial charge in [0.05, 0.1) is 24.4 Å². The molecular formula is C12H11BrN2O3. The summed E-state index contributed by atoms with van der Waals surface area (Å²) < 4.78 is 11.2. The summed E-state index contributed by atoms with van der Waals surface area (Å²) in [6.45, 7) is -0.0400. The minimum absolute atomic E-state index is 0.0400. The fraction of sp³-hybridized carbons (Fsp3) is 0.167. The third-order valence-electron chi connectivity index (χ3n) is 2.17. The van der Waals surface area contributed by atoms with Gasteiger partial charge in [-0.05, 0) is 33.6 Å². The highest BCUT2D eigenvalue weighted by Gasteiger charge is 2.07. The van der Waals surface area contributed by atoms with Crippen LogP contribution in [0.15, 0.2) is 34.9 Å². The lowest BCUT2D eigenvalue weighted by Crippen LogP contribution is -1.96. The Morgan fingerprint density at radius 2 is 2.22 bits per heavy atom. The molecular weight excluding hydrogens is 300 g/mol. The van der Waals surface area contributed by atoms with Crippen molar-refractivity contribution in [2.45, 2.75) is 6.61 Å². The quantitative estimate of drug-likeness (QED) is 0.940. The maximum atomic E-state index is 9.03. The van der Waals surface area contributed by atoms with Gasteiger partial charge >= 0.3 is 6.01 Å². The van der Waals surface area contributed by atoms with Crippen LogP contribution in [-0.4, -0.2) is 22.2 Å². The number of aliphatic hydroxyl groups is 1. The van der Waals surface area contributed by atoms with Crippen LogP contribution in [-0.2, 0) is 6.61 Å². The van der Waals surface area contributed by atoms with Crippen LogP contribution >= 0.6 is 15.9 Å². The first kappa shape index (κ1) is 12.8. The number of methoxy groups -OCH3 is 1. The Morgan fingerprint density at radius 3 is 2.94 bits per heavy atom. The Morgan fingerprint density at radius 1 is 1.39 bits per heavy atom. The molecule has 1 heterocycles. The van der Waals surface area contributed by atoms with Crippen LogP contribution < -0.4 is 9.47 Å². The molecule has 0 unspecified atom stereocenters. The van der Waals surface area contributed by atoms with E-state index in [1.54, 1.807) is 30.5 Å². The average molecular weight is 311 g/mol. The molecule has 0 saturated heterocycles. The summed E-state index contributed by atoms with van der Waals surface area (Å²) in [5.41, 5.74) is 0.761. The lowest BCUT2D eigenvalue weighted by molar-refractivity contribution is 0.281. The second kappa shape index (κ2) is 5.79. The normalized spacial score (nSPS) is 10.2. The lowest BCUT2D eigenvalue weighted by atomic mass is 10.2. The molecule has 1 aromatic heterocycles. The Hall–Kier alpha value is -1.66. The van der Waals surface area contributed by atoms with E-state index in [9.17, 15) is 0 Å². The summed E-state index contributed by atoms with van der Waals surface area (Å²) in [6.07, 6.45) is 1.55. The van der Waals surface area contributed by atoms with E-state index in [0.29, 0.717) is 16.1 Å². The average Bonchev–Trinajstić information content (AvgIpc) is 2.41. The van der Waals surface area contributed by atoms with E-state index >= 15 is 0 Å². The molecule has 2 aromatic rings. The molecule has 0 bridgehead atoms. The zero-order valence-electron chi connectivity index (χ0n) is 9.63. The van der Waals surface area contributed by atoms with Gasteiger partial charge in [0.15, 0.2) is 0 Å². The van der Waals surface area contributed by atoms with Gasteiger partial charge in [0.1, 0.15) is 5.75 Å². The van der Waals surface area contributed by atoms with Crippen molar-refractivity contribution in [2.24, 2.45) is 0 Å². The standard InChI is InChI=1S/C12H11BrN2O3/c1-17-11-10(13)6-14-12(15-11)18-9-4-2-3-8(5-9)7-16/h2-6,16H,7H2,1H3. The monoisotopic (exact) mass is 310 g/mol. The molecule has 5 nitrogen and oxygen atoms in total. The molecule has 0 atom stereocenters. The maximum absolute atomic E-state index is 9.03. The van der Waals surface area contributed by atoms with Crippen LogP contribution in [0.5, 0.6) is 17.6 Å². The maximum Gasteiger partial charge on any atom is 0.325 e. The summed E-state index contributed by atoms with van der Waals surface area (Å²) in [7, 11) is 1.52. The topological polar surface area (TPSA) is 64.5 Å². The van der Waals surface area contributed by atoms with Gasteiger partial charge in [-0.2, -0.15) is 4.98 Å². The molecule has 0 amide bonds. The van der Waals surface area contributed by atoms with Crippen LogP contribution in [0.3, 0.4) is 0 Å². The Bertz CT molecular complexity index is 549. The Balaban J connectivity index is 2.22. The fourth-order valence-electron chi connectivity index (χ4n) is 1.34. The highest BCUT2D eigenvalue weighted by Crippen LogP contribution is 2.25. The molecule has 94 valence electrons. The van der Waals surface area contributed by atoms with Crippen LogP contribution in [0.25, 0.3) is 0 Å². The van der Waals surface area contributed by atoms with Crippen molar-refractivity contribution >= 4 is 15.9 Å². The number of aliphatic hydroxyl groups excluding tert-OH is 1. The molecule has 0 aliphatic rings. The minimum Gasteiger partial charge on any atom is -0.480 e. The van der Waals surface area contributed by atoms with E-state index in [1.807, 2.05) is 0 Å². The molecule has 0 fully saturated rings. The Kier molecular flexibility index (Phi) is 4.11. The molecule has 0 spiro atoms. The highest BCUT2D eigenvalue weighted by molar-refractivity contribution is 9.10. The first-order valence-corrected chi connectivity index (χ1v) is 5.96. The molecule has 1 N–H and O–H groups in total. The minimum atomic E-state index is -0.0400. The number of benzene rings is 1. The summed E-state index contributed by atoms with van der Waals surface area (Å²) in [6, 6.07) is 7.26. The summed E-state index contributed by atoms with van der Waals surface area (Å²) >= 11 is 3.26. The van der Waals surface area contributed by atoms with Gasteiger partial charge in [0, 0.05) is 0 Å². The predicted octanol–water partition coefficient (Wildman–Crippen LogP) is 2.53. The zero-order chi connectivity index (χ0) is 13.0. The number of rotatable bonds is 4. The van der Waals surface area contributed by atoms with Gasteiger partial charge in [-0.15, -0.1) is 0 Å². The van der Waals surface area contributed by atoms with Crippen LogP contribution in [0, 0.1) is 0 Å². The van der Waals surface area contributed by atoms with Gasteiger partial charge < -0.3 is 14.6 Å². The van der Waals surface area contributed by atoms with Crippen molar-refractivity contribution < 1.29 is 14.6 Å². The van der Waals surface area contributed by atoms with E-state index in [0.717, 1.165) is 5.56 Å². The van der Waals surface area contributed by atoms with Gasteiger partial charge in [-0.25, -0.2) is 4.98 Å². The molecule has 6 heteroatoms. The van der Waals surface area contributed by atoms with Gasteiger partial charge in [-0.3, -0.25) is 0 Å². The van der Waals surface area contributed by atoms with Crippen LogP contribution in [0.2, 0.25) is 0 Å². The smallest absolute Gasteiger partial charge is 0.325 e. The fourth-order valence-corrected chi connectivity index (χ4v) is 1.69. The second-order valence-corrected chi connectivity index (χ2v) is 4.27. The molecule has 0 aliphatic carbocycles. The molecule has 2 rings (SSSR count). The third-order valence-corrected chi connectivity index (χ3v) is 2.72. The highest BCUT2D eigenvalue weighted by atomic mass is 79.9. The van der Waals surface area contributed by atoms with Crippen molar-refractivity contribution in [1.82, 2.24) is 9.97 Å². The number of ether oxygens (including phenoxy) is 2. The molecule has 1 aromatic carbocycles. The van der Waals surface area contributed by atoms with Crippen molar-refractivity contribution in [2.75, 3.05) is 7.11 Å². The van der Waals surface area contributed by atoms with Crippen molar-refractivity contribution in [3.8, 4) is 17.6 Å². The van der Waals surface area contributed by atoms with E-state index < -0.39 is 0 Å². The van der Waals surface area contributed by atoms with Gasteiger partial charge in [0.2, 0.25) is 5.88 Å². The summed E-state index contributed by atoms with van der Waals surface area (Å²) in [5, 5.41) is 9.03. The first-order valence-electron chi connectivity index (χ1n) is 5.17.